The fourth-order valence-electron chi connectivity index (χ4n) is 1.81. The summed E-state index contributed by atoms with van der Waals surface area (Å²) in [6.45, 7) is 2.47. The standard InChI is InChI=1S/C8H15NO4S/c1-2-9-7(3-4-8(9)10)5-6-14(11,12)13/h7H,2-6H2,1H3,(H,11,12,13). The van der Waals surface area contributed by atoms with E-state index in [0.717, 1.165) is 0 Å². The van der Waals surface area contributed by atoms with Crippen LogP contribution >= 0.6 is 0 Å². The Bertz CT molecular complexity index is 311. The van der Waals surface area contributed by atoms with Crippen molar-refractivity contribution in [2.24, 2.45) is 0 Å². The summed E-state index contributed by atoms with van der Waals surface area (Å²) in [5, 5.41) is 0. The molecule has 1 rings (SSSR count). The summed E-state index contributed by atoms with van der Waals surface area (Å²) in [5.41, 5.74) is 0. The van der Waals surface area contributed by atoms with E-state index in [1.165, 1.54) is 0 Å². The first-order chi connectivity index (χ1) is 6.44. The van der Waals surface area contributed by atoms with Crippen molar-refractivity contribution < 1.29 is 17.8 Å². The predicted octanol–water partition coefficient (Wildman–Crippen LogP) is 0.275. The maximum absolute atomic E-state index is 11.3. The molecule has 0 aliphatic carbocycles. The molecule has 1 N–H and O–H groups in total. The molecule has 0 saturated carbocycles. The molecule has 0 bridgehead atoms. The van der Waals surface area contributed by atoms with Crippen LogP contribution in [0.15, 0.2) is 0 Å². The molecule has 0 aromatic heterocycles. The van der Waals surface area contributed by atoms with E-state index in [4.69, 9.17) is 4.55 Å². The monoisotopic (exact) mass is 221 g/mol. The number of likely N-dealkylation sites (tertiary alicyclic amines) is 1. The van der Waals surface area contributed by atoms with E-state index >= 15 is 0 Å². The number of amides is 1. The molecule has 1 aliphatic rings. The molecule has 0 spiro atoms. The maximum atomic E-state index is 11.3. The number of carbonyl (C=O) groups is 1. The number of nitrogens with zero attached hydrogens (tertiary/aromatic N) is 1. The summed E-state index contributed by atoms with van der Waals surface area (Å²) in [7, 11) is -3.90. The average Bonchev–Trinajstić information content (AvgIpc) is 2.41. The van der Waals surface area contributed by atoms with Gasteiger partial charge >= 0.3 is 0 Å². The lowest BCUT2D eigenvalue weighted by Crippen LogP contribution is -2.33. The highest BCUT2D eigenvalue weighted by Crippen LogP contribution is 2.21. The van der Waals surface area contributed by atoms with Crippen molar-refractivity contribution in [3.63, 3.8) is 0 Å². The van der Waals surface area contributed by atoms with E-state index < -0.39 is 10.1 Å². The first kappa shape index (κ1) is 11.5. The smallest absolute Gasteiger partial charge is 0.264 e. The second kappa shape index (κ2) is 4.27. The van der Waals surface area contributed by atoms with Gasteiger partial charge in [-0.1, -0.05) is 0 Å². The molecular weight excluding hydrogens is 206 g/mol. The summed E-state index contributed by atoms with van der Waals surface area (Å²) >= 11 is 0. The highest BCUT2D eigenvalue weighted by molar-refractivity contribution is 7.85. The molecule has 6 heteroatoms. The van der Waals surface area contributed by atoms with Gasteiger partial charge in [0.15, 0.2) is 0 Å². The molecule has 1 aliphatic heterocycles. The van der Waals surface area contributed by atoms with Gasteiger partial charge in [-0.25, -0.2) is 0 Å². The molecule has 1 amide bonds. The molecule has 1 fully saturated rings. The largest absolute Gasteiger partial charge is 0.340 e. The van der Waals surface area contributed by atoms with Gasteiger partial charge in [0.1, 0.15) is 0 Å². The molecule has 0 aromatic rings. The van der Waals surface area contributed by atoms with E-state index in [-0.39, 0.29) is 17.7 Å². The van der Waals surface area contributed by atoms with Crippen LogP contribution in [-0.2, 0) is 14.9 Å². The van der Waals surface area contributed by atoms with Gasteiger partial charge in [0.25, 0.3) is 10.1 Å². The van der Waals surface area contributed by atoms with Crippen molar-refractivity contribution in [1.29, 1.82) is 0 Å². The molecule has 1 saturated heterocycles. The summed E-state index contributed by atoms with van der Waals surface area (Å²) in [6, 6.07) is -0.0191. The average molecular weight is 221 g/mol. The Labute approximate surface area is 83.8 Å². The van der Waals surface area contributed by atoms with Crippen molar-refractivity contribution >= 4 is 16.0 Å². The van der Waals surface area contributed by atoms with Crippen LogP contribution < -0.4 is 0 Å². The summed E-state index contributed by atoms with van der Waals surface area (Å²) in [5.74, 6) is -0.186. The molecule has 0 aromatic carbocycles. The van der Waals surface area contributed by atoms with Gasteiger partial charge in [0, 0.05) is 19.0 Å². The minimum absolute atomic E-state index is 0.0191. The molecule has 14 heavy (non-hydrogen) atoms. The number of rotatable bonds is 4. The van der Waals surface area contributed by atoms with Gasteiger partial charge in [-0.05, 0) is 19.8 Å². The van der Waals surface area contributed by atoms with Crippen LogP contribution in [0, 0.1) is 0 Å². The lowest BCUT2D eigenvalue weighted by molar-refractivity contribution is -0.128. The Hall–Kier alpha value is -0.620. The van der Waals surface area contributed by atoms with Crippen LogP contribution in [-0.4, -0.2) is 42.1 Å². The first-order valence-corrected chi connectivity index (χ1v) is 6.29. The van der Waals surface area contributed by atoms with Gasteiger partial charge < -0.3 is 4.90 Å². The lowest BCUT2D eigenvalue weighted by Gasteiger charge is -2.22. The lowest BCUT2D eigenvalue weighted by atomic mass is 10.2. The van der Waals surface area contributed by atoms with Crippen molar-refractivity contribution in [2.45, 2.75) is 32.2 Å². The van der Waals surface area contributed by atoms with Gasteiger partial charge in [-0.15, -0.1) is 0 Å². The third-order valence-electron chi connectivity index (χ3n) is 2.50. The Balaban J connectivity index is 2.50. The minimum Gasteiger partial charge on any atom is -0.340 e. The number of carbonyl (C=O) groups excluding carboxylic acids is 1. The second-order valence-electron chi connectivity index (χ2n) is 3.45. The van der Waals surface area contributed by atoms with Crippen molar-refractivity contribution in [3.05, 3.63) is 0 Å². The minimum atomic E-state index is -3.90. The molecule has 5 nitrogen and oxygen atoms in total. The van der Waals surface area contributed by atoms with Crippen molar-refractivity contribution in [3.8, 4) is 0 Å². The van der Waals surface area contributed by atoms with E-state index in [1.807, 2.05) is 6.92 Å². The van der Waals surface area contributed by atoms with Crippen LogP contribution in [0.2, 0.25) is 0 Å². The van der Waals surface area contributed by atoms with Gasteiger partial charge in [-0.3, -0.25) is 9.35 Å². The third kappa shape index (κ3) is 2.95. The van der Waals surface area contributed by atoms with E-state index in [2.05, 4.69) is 0 Å². The Kier molecular flexibility index (Phi) is 3.49. The molecule has 82 valence electrons. The zero-order valence-corrected chi connectivity index (χ0v) is 8.96. The molecule has 1 atom stereocenters. The Morgan fingerprint density at radius 2 is 2.21 bits per heavy atom. The fraction of sp³-hybridized carbons (Fsp3) is 0.875. The van der Waals surface area contributed by atoms with Crippen LogP contribution in [0.4, 0.5) is 0 Å². The molecular formula is C8H15NO4S. The van der Waals surface area contributed by atoms with Crippen LogP contribution in [0.3, 0.4) is 0 Å². The normalized spacial score (nSPS) is 23.1. The fourth-order valence-corrected chi connectivity index (χ4v) is 2.38. The van der Waals surface area contributed by atoms with E-state index in [1.54, 1.807) is 4.90 Å². The van der Waals surface area contributed by atoms with Crippen LogP contribution in [0.25, 0.3) is 0 Å². The molecule has 0 radical (unpaired) electrons. The zero-order chi connectivity index (χ0) is 10.8. The van der Waals surface area contributed by atoms with Crippen LogP contribution in [0.1, 0.15) is 26.2 Å². The van der Waals surface area contributed by atoms with E-state index in [9.17, 15) is 13.2 Å². The highest BCUT2D eigenvalue weighted by atomic mass is 32.2. The SMILES string of the molecule is CCN1C(=O)CCC1CCS(=O)(=O)O. The summed E-state index contributed by atoms with van der Waals surface area (Å²) in [6.07, 6.45) is 1.52. The van der Waals surface area contributed by atoms with Gasteiger partial charge in [0.2, 0.25) is 5.91 Å². The molecule has 1 heterocycles. The summed E-state index contributed by atoms with van der Waals surface area (Å²) < 4.78 is 29.6. The quantitative estimate of drug-likeness (QED) is 0.692. The van der Waals surface area contributed by atoms with Crippen LogP contribution in [0.5, 0.6) is 0 Å². The number of hydrogen-bond donors (Lipinski definition) is 1. The van der Waals surface area contributed by atoms with Crippen molar-refractivity contribution in [1.82, 2.24) is 4.90 Å². The van der Waals surface area contributed by atoms with Gasteiger partial charge in [0.05, 0.1) is 5.75 Å². The maximum Gasteiger partial charge on any atom is 0.264 e. The zero-order valence-electron chi connectivity index (χ0n) is 8.14. The second-order valence-corrected chi connectivity index (χ2v) is 5.02. The number of hydrogen-bond acceptors (Lipinski definition) is 3. The topological polar surface area (TPSA) is 74.7 Å². The predicted molar refractivity (Wildman–Crippen MR) is 51.4 cm³/mol. The summed E-state index contributed by atoms with van der Waals surface area (Å²) in [4.78, 5) is 12.9. The molecule has 1 unspecified atom stereocenters. The van der Waals surface area contributed by atoms with Gasteiger partial charge in [-0.2, -0.15) is 8.42 Å². The third-order valence-corrected chi connectivity index (χ3v) is 3.25. The Morgan fingerprint density at radius 1 is 1.57 bits per heavy atom. The Morgan fingerprint density at radius 3 is 2.71 bits per heavy atom. The van der Waals surface area contributed by atoms with Crippen molar-refractivity contribution in [2.75, 3.05) is 12.3 Å². The first-order valence-electron chi connectivity index (χ1n) is 4.68. The van der Waals surface area contributed by atoms with E-state index in [0.29, 0.717) is 25.8 Å². The highest BCUT2D eigenvalue weighted by Gasteiger charge is 2.29.